The highest BCUT2D eigenvalue weighted by Crippen LogP contribution is 2.15. The lowest BCUT2D eigenvalue weighted by molar-refractivity contribution is 0.128. The number of hydrogen-bond acceptors (Lipinski definition) is 8. The third-order valence-electron chi connectivity index (χ3n) is 2.41. The van der Waals surface area contributed by atoms with Crippen molar-refractivity contribution in [3.8, 4) is 0 Å². The van der Waals surface area contributed by atoms with E-state index in [1.807, 2.05) is 6.92 Å². The molecule has 0 saturated carbocycles. The van der Waals surface area contributed by atoms with Crippen LogP contribution in [0, 0.1) is 0 Å². The molecule has 8 heteroatoms. The van der Waals surface area contributed by atoms with Crippen LogP contribution in [0.4, 0.5) is 11.6 Å². The molecule has 1 heterocycles. The average molecular weight is 271 g/mol. The molecule has 108 valence electrons. The number of nitrogens with zero attached hydrogens (tertiary/aromatic N) is 3. The normalized spacial score (nSPS) is 10.5. The van der Waals surface area contributed by atoms with E-state index < -0.39 is 0 Å². The van der Waals surface area contributed by atoms with Crippen LogP contribution in [0.25, 0.3) is 0 Å². The van der Waals surface area contributed by atoms with Crippen molar-refractivity contribution in [2.75, 3.05) is 43.2 Å². The highest BCUT2D eigenvalue weighted by atomic mass is 16.5. The number of hydrazine groups is 1. The molecule has 19 heavy (non-hydrogen) atoms. The van der Waals surface area contributed by atoms with E-state index in [0.29, 0.717) is 37.2 Å². The maximum atomic E-state index is 9.03. The second-order valence-corrected chi connectivity index (χ2v) is 3.74. The van der Waals surface area contributed by atoms with Crippen molar-refractivity contribution >= 4 is 11.6 Å². The Kier molecular flexibility index (Phi) is 7.04. The molecule has 0 aliphatic carbocycles. The zero-order valence-corrected chi connectivity index (χ0v) is 11.0. The van der Waals surface area contributed by atoms with Gasteiger partial charge in [0.05, 0.1) is 13.2 Å². The summed E-state index contributed by atoms with van der Waals surface area (Å²) in [5.41, 5.74) is 2.46. The molecule has 0 amide bonds. The molecule has 8 nitrogen and oxygen atoms in total. The second kappa shape index (κ2) is 8.59. The Balaban J connectivity index is 2.95. The number of ether oxygens (including phenoxy) is 1. The molecule has 0 saturated heterocycles. The molecule has 1 aromatic rings. The Bertz CT molecular complexity index is 371. The minimum absolute atomic E-state index is 0.0316. The van der Waals surface area contributed by atoms with Crippen molar-refractivity contribution < 1.29 is 14.9 Å². The number of aliphatic hydroxyl groups is 2. The van der Waals surface area contributed by atoms with E-state index in [1.54, 1.807) is 11.0 Å². The van der Waals surface area contributed by atoms with Crippen molar-refractivity contribution in [3.63, 3.8) is 0 Å². The van der Waals surface area contributed by atoms with Crippen molar-refractivity contribution in [2.24, 2.45) is 5.84 Å². The van der Waals surface area contributed by atoms with Gasteiger partial charge in [0.15, 0.2) is 5.82 Å². The molecule has 1 aromatic heterocycles. The van der Waals surface area contributed by atoms with E-state index in [0.717, 1.165) is 0 Å². The molecular weight excluding hydrogens is 250 g/mol. The fraction of sp³-hybridized carbons (Fsp3) is 0.636. The van der Waals surface area contributed by atoms with Crippen LogP contribution in [0.5, 0.6) is 0 Å². The molecular formula is C11H21N5O3. The van der Waals surface area contributed by atoms with Crippen LogP contribution in [0.2, 0.25) is 0 Å². The zero-order chi connectivity index (χ0) is 14.1. The topological polar surface area (TPSA) is 117 Å². The van der Waals surface area contributed by atoms with Gasteiger partial charge in [0.1, 0.15) is 18.2 Å². The van der Waals surface area contributed by atoms with E-state index >= 15 is 0 Å². The minimum Gasteiger partial charge on any atom is -0.395 e. The predicted octanol–water partition coefficient (Wildman–Crippen LogP) is -0.910. The van der Waals surface area contributed by atoms with Gasteiger partial charge in [0.2, 0.25) is 0 Å². The van der Waals surface area contributed by atoms with Crippen molar-refractivity contribution in [3.05, 3.63) is 11.9 Å². The van der Waals surface area contributed by atoms with Crippen molar-refractivity contribution in [1.29, 1.82) is 0 Å². The third kappa shape index (κ3) is 4.95. The number of rotatable bonds is 9. The quantitative estimate of drug-likeness (QED) is 0.337. The number of anilines is 2. The van der Waals surface area contributed by atoms with E-state index in [1.165, 1.54) is 0 Å². The van der Waals surface area contributed by atoms with Crippen molar-refractivity contribution in [2.45, 2.75) is 13.5 Å². The summed E-state index contributed by atoms with van der Waals surface area (Å²) in [6.45, 7) is 3.41. The molecule has 0 bridgehead atoms. The number of nitrogen functional groups attached to an aromatic ring is 1. The van der Waals surface area contributed by atoms with E-state index in [9.17, 15) is 0 Å². The van der Waals surface area contributed by atoms with Crippen molar-refractivity contribution in [1.82, 2.24) is 9.97 Å². The number of hydrogen-bond donors (Lipinski definition) is 4. The molecule has 0 aliphatic rings. The van der Waals surface area contributed by atoms with Gasteiger partial charge in [-0.05, 0) is 6.92 Å². The Hall–Kier alpha value is -1.48. The molecule has 5 N–H and O–H groups in total. The zero-order valence-electron chi connectivity index (χ0n) is 11.0. The molecule has 0 atom stereocenters. The maximum Gasteiger partial charge on any atom is 0.158 e. The smallest absolute Gasteiger partial charge is 0.158 e. The molecule has 0 unspecified atom stereocenters. The first-order valence-electron chi connectivity index (χ1n) is 6.14. The van der Waals surface area contributed by atoms with Crippen LogP contribution in [0.1, 0.15) is 12.7 Å². The molecule has 0 radical (unpaired) electrons. The standard InChI is InChI=1S/C11H21N5O3/c1-2-19-8-10-13-9(15-12)7-11(14-10)16(3-5-17)4-6-18/h7,17-18H,2-6,8,12H2,1H3,(H,13,14,15). The van der Waals surface area contributed by atoms with E-state index in [2.05, 4.69) is 15.4 Å². The van der Waals surface area contributed by atoms with Gasteiger partial charge in [0, 0.05) is 25.8 Å². The van der Waals surface area contributed by atoms with Gasteiger partial charge < -0.3 is 25.3 Å². The van der Waals surface area contributed by atoms with Gasteiger partial charge in [-0.1, -0.05) is 0 Å². The Morgan fingerprint density at radius 1 is 1.32 bits per heavy atom. The van der Waals surface area contributed by atoms with Crippen LogP contribution >= 0.6 is 0 Å². The average Bonchev–Trinajstić information content (AvgIpc) is 2.44. The highest BCUT2D eigenvalue weighted by Gasteiger charge is 2.11. The van der Waals surface area contributed by atoms with Crippen LogP contribution in [0.15, 0.2) is 6.07 Å². The second-order valence-electron chi connectivity index (χ2n) is 3.74. The summed E-state index contributed by atoms with van der Waals surface area (Å²) in [6.07, 6.45) is 0. The summed E-state index contributed by atoms with van der Waals surface area (Å²) < 4.78 is 5.26. The largest absolute Gasteiger partial charge is 0.395 e. The summed E-state index contributed by atoms with van der Waals surface area (Å²) in [4.78, 5) is 10.2. The number of aliphatic hydroxyl groups excluding tert-OH is 2. The Morgan fingerprint density at radius 3 is 2.53 bits per heavy atom. The summed E-state index contributed by atoms with van der Waals surface area (Å²) in [5.74, 6) is 6.90. The molecule has 1 rings (SSSR count). The number of nitrogens with one attached hydrogen (secondary N) is 1. The van der Waals surface area contributed by atoms with Crippen LogP contribution < -0.4 is 16.2 Å². The monoisotopic (exact) mass is 271 g/mol. The lowest BCUT2D eigenvalue weighted by Gasteiger charge is -2.22. The van der Waals surface area contributed by atoms with Gasteiger partial charge in [-0.2, -0.15) is 0 Å². The van der Waals surface area contributed by atoms with Crippen LogP contribution in [-0.2, 0) is 11.3 Å². The Morgan fingerprint density at radius 2 is 2.00 bits per heavy atom. The molecule has 0 aromatic carbocycles. The fourth-order valence-electron chi connectivity index (χ4n) is 1.56. The van der Waals surface area contributed by atoms with Gasteiger partial charge >= 0.3 is 0 Å². The Labute approximate surface area is 112 Å². The first-order valence-corrected chi connectivity index (χ1v) is 6.14. The van der Waals surface area contributed by atoms with E-state index in [4.69, 9.17) is 20.8 Å². The SMILES string of the molecule is CCOCc1nc(NN)cc(N(CCO)CCO)n1. The number of aromatic nitrogens is 2. The fourth-order valence-corrected chi connectivity index (χ4v) is 1.56. The molecule has 0 fully saturated rings. The van der Waals surface area contributed by atoms with E-state index in [-0.39, 0.29) is 19.8 Å². The minimum atomic E-state index is -0.0316. The lowest BCUT2D eigenvalue weighted by atomic mass is 10.4. The first kappa shape index (κ1) is 15.6. The van der Waals surface area contributed by atoms with Gasteiger partial charge in [-0.15, -0.1) is 0 Å². The summed E-state index contributed by atoms with van der Waals surface area (Å²) >= 11 is 0. The first-order chi connectivity index (χ1) is 9.24. The predicted molar refractivity (Wildman–Crippen MR) is 71.6 cm³/mol. The third-order valence-corrected chi connectivity index (χ3v) is 2.41. The summed E-state index contributed by atoms with van der Waals surface area (Å²) in [5, 5.41) is 18.1. The summed E-state index contributed by atoms with van der Waals surface area (Å²) in [6, 6.07) is 1.65. The molecule has 0 spiro atoms. The lowest BCUT2D eigenvalue weighted by Crippen LogP contribution is -2.31. The van der Waals surface area contributed by atoms with Gasteiger partial charge in [-0.3, -0.25) is 0 Å². The maximum absolute atomic E-state index is 9.03. The van der Waals surface area contributed by atoms with Gasteiger partial charge in [-0.25, -0.2) is 15.8 Å². The van der Waals surface area contributed by atoms with Crippen LogP contribution in [0.3, 0.4) is 0 Å². The summed E-state index contributed by atoms with van der Waals surface area (Å²) in [7, 11) is 0. The van der Waals surface area contributed by atoms with Gasteiger partial charge in [0.25, 0.3) is 0 Å². The molecule has 0 aliphatic heterocycles. The highest BCUT2D eigenvalue weighted by molar-refractivity contribution is 5.48. The number of nitrogens with two attached hydrogens (primary N) is 1. The van der Waals surface area contributed by atoms with Crippen LogP contribution in [-0.4, -0.2) is 53.1 Å².